The molecule has 0 aromatic carbocycles. The van der Waals surface area contributed by atoms with Gasteiger partial charge in [0.2, 0.25) is 5.91 Å². The molecule has 1 amide bonds. The number of carbonyl (C=O) groups is 3. The highest BCUT2D eigenvalue weighted by Crippen LogP contribution is 2.16. The molecule has 0 rings (SSSR count). The number of esters is 1. The molecule has 6 heteroatoms. The zero-order chi connectivity index (χ0) is 37.3. The summed E-state index contributed by atoms with van der Waals surface area (Å²) in [5.74, 6) is -1.26. The predicted molar refractivity (Wildman–Crippen MR) is 217 cm³/mol. The Kier molecular flexibility index (Phi) is 38.5. The first kappa shape index (κ1) is 48.6. The molecule has 51 heavy (non-hydrogen) atoms. The zero-order valence-electron chi connectivity index (χ0n) is 33.5. The summed E-state index contributed by atoms with van der Waals surface area (Å²) < 4.78 is 5.95. The molecule has 0 saturated heterocycles. The van der Waals surface area contributed by atoms with Crippen LogP contribution in [0.5, 0.6) is 0 Å². The molecular weight excluding hydrogens is 634 g/mol. The van der Waals surface area contributed by atoms with E-state index in [1.54, 1.807) is 0 Å². The van der Waals surface area contributed by atoms with Crippen molar-refractivity contribution >= 4 is 17.8 Å². The fraction of sp³-hybridized carbons (Fsp3) is 0.800. The van der Waals surface area contributed by atoms with Crippen LogP contribution in [0, 0.1) is 0 Å². The quantitative estimate of drug-likeness (QED) is 0.0375. The molecule has 0 aromatic rings. The van der Waals surface area contributed by atoms with Gasteiger partial charge < -0.3 is 15.2 Å². The second kappa shape index (κ2) is 40.4. The molecule has 0 bridgehead atoms. The number of carboxylic acid groups (broad SMARTS) is 1. The van der Waals surface area contributed by atoms with Gasteiger partial charge in [0.05, 0.1) is 0 Å². The van der Waals surface area contributed by atoms with E-state index < -0.39 is 5.97 Å². The number of rotatable bonds is 39. The molecule has 1 unspecified atom stereocenters. The Balaban J connectivity index is 4.10. The van der Waals surface area contributed by atoms with Gasteiger partial charge in [-0.15, -0.1) is 0 Å². The lowest BCUT2D eigenvalue weighted by molar-refractivity contribution is -0.147. The maximum absolute atomic E-state index is 12.7. The van der Waals surface area contributed by atoms with E-state index in [-0.39, 0.29) is 24.5 Å². The highest BCUT2D eigenvalue weighted by Gasteiger charge is 2.12. The third-order valence-electron chi connectivity index (χ3n) is 9.52. The molecule has 0 spiro atoms. The van der Waals surface area contributed by atoms with E-state index in [4.69, 9.17) is 9.84 Å². The van der Waals surface area contributed by atoms with Crippen LogP contribution in [-0.4, -0.2) is 35.6 Å². The molecule has 0 aromatic heterocycles. The molecule has 0 saturated carbocycles. The Labute approximate surface area is 315 Å². The van der Waals surface area contributed by atoms with Gasteiger partial charge in [0.15, 0.2) is 0 Å². The number of aliphatic carboxylic acids is 1. The summed E-state index contributed by atoms with van der Waals surface area (Å²) in [6.07, 6.45) is 50.0. The number of nitrogens with one attached hydrogen (secondary N) is 1. The minimum Gasteiger partial charge on any atom is -0.480 e. The van der Waals surface area contributed by atoms with Gasteiger partial charge in [0.1, 0.15) is 12.6 Å². The third kappa shape index (κ3) is 40.3. The number of hydrogen-bond acceptors (Lipinski definition) is 4. The fourth-order valence-corrected chi connectivity index (χ4v) is 6.28. The molecule has 2 N–H and O–H groups in total. The Hall–Kier alpha value is -2.37. The normalized spacial score (nSPS) is 12.4. The van der Waals surface area contributed by atoms with Crippen LogP contribution in [0.1, 0.15) is 219 Å². The number of hydrogen-bond donors (Lipinski definition) is 2. The van der Waals surface area contributed by atoms with Gasteiger partial charge >= 0.3 is 11.9 Å². The van der Waals surface area contributed by atoms with Crippen LogP contribution in [0.2, 0.25) is 0 Å². The van der Waals surface area contributed by atoms with Gasteiger partial charge in [-0.25, -0.2) is 0 Å². The third-order valence-corrected chi connectivity index (χ3v) is 9.52. The van der Waals surface area contributed by atoms with Crippen molar-refractivity contribution in [1.29, 1.82) is 0 Å². The first-order valence-corrected chi connectivity index (χ1v) is 21.6. The number of carbonyl (C=O) groups excluding carboxylic acids is 2. The molecule has 6 nitrogen and oxygen atoms in total. The SMILES string of the molecule is CCCCC/C=C\C/C=C\CCCCCCCCCCCC(=O)OC(/C=C\CCCCCCCCC)CCCCCCCCC(=O)NCC(=O)O. The van der Waals surface area contributed by atoms with Crippen LogP contribution >= 0.6 is 0 Å². The zero-order valence-corrected chi connectivity index (χ0v) is 33.5. The van der Waals surface area contributed by atoms with Crippen molar-refractivity contribution < 1.29 is 24.2 Å². The molecule has 1 atom stereocenters. The maximum Gasteiger partial charge on any atom is 0.322 e. The smallest absolute Gasteiger partial charge is 0.322 e. The van der Waals surface area contributed by atoms with E-state index in [1.165, 1.54) is 122 Å². The van der Waals surface area contributed by atoms with Crippen molar-refractivity contribution in [1.82, 2.24) is 5.32 Å². The summed E-state index contributed by atoms with van der Waals surface area (Å²) in [7, 11) is 0. The molecule has 0 aliphatic carbocycles. The number of ether oxygens (including phenoxy) is 1. The molecule has 296 valence electrons. The lowest BCUT2D eigenvalue weighted by atomic mass is 10.0. The molecule has 0 fully saturated rings. The van der Waals surface area contributed by atoms with E-state index in [0.29, 0.717) is 12.8 Å². The number of unbranched alkanes of at least 4 members (excludes halogenated alkanes) is 24. The molecule has 0 radical (unpaired) electrons. The van der Waals surface area contributed by atoms with E-state index in [9.17, 15) is 14.4 Å². The highest BCUT2D eigenvalue weighted by molar-refractivity contribution is 5.80. The molecule has 0 heterocycles. The van der Waals surface area contributed by atoms with Crippen molar-refractivity contribution in [3.05, 3.63) is 36.5 Å². The highest BCUT2D eigenvalue weighted by atomic mass is 16.5. The second-order valence-electron chi connectivity index (χ2n) is 14.6. The Morgan fingerprint density at radius 1 is 0.529 bits per heavy atom. The Morgan fingerprint density at radius 3 is 1.51 bits per heavy atom. The van der Waals surface area contributed by atoms with Crippen LogP contribution in [0.15, 0.2) is 36.5 Å². The summed E-state index contributed by atoms with van der Waals surface area (Å²) in [6.45, 7) is 4.20. The van der Waals surface area contributed by atoms with Gasteiger partial charge in [0.25, 0.3) is 0 Å². The van der Waals surface area contributed by atoms with Crippen LogP contribution in [0.3, 0.4) is 0 Å². The Morgan fingerprint density at radius 2 is 0.961 bits per heavy atom. The van der Waals surface area contributed by atoms with Gasteiger partial charge in [0, 0.05) is 12.8 Å². The lowest BCUT2D eigenvalue weighted by Crippen LogP contribution is -2.28. The first-order chi connectivity index (χ1) is 25.0. The summed E-state index contributed by atoms with van der Waals surface area (Å²) >= 11 is 0. The molecular formula is C45H81NO5. The fourth-order valence-electron chi connectivity index (χ4n) is 6.28. The van der Waals surface area contributed by atoms with Gasteiger partial charge in [-0.1, -0.05) is 166 Å². The molecule has 0 aliphatic rings. The largest absolute Gasteiger partial charge is 0.480 e. The average Bonchev–Trinajstić information content (AvgIpc) is 3.11. The number of carboxylic acids is 1. The van der Waals surface area contributed by atoms with E-state index in [1.807, 2.05) is 0 Å². The van der Waals surface area contributed by atoms with Crippen LogP contribution < -0.4 is 5.32 Å². The summed E-state index contributed by atoms with van der Waals surface area (Å²) in [4.78, 5) is 34.9. The lowest BCUT2D eigenvalue weighted by Gasteiger charge is -2.15. The molecule has 0 aliphatic heterocycles. The van der Waals surface area contributed by atoms with Crippen molar-refractivity contribution in [3.8, 4) is 0 Å². The van der Waals surface area contributed by atoms with Crippen molar-refractivity contribution in [2.75, 3.05) is 6.54 Å². The number of allylic oxidation sites excluding steroid dienone is 5. The monoisotopic (exact) mass is 716 g/mol. The second-order valence-corrected chi connectivity index (χ2v) is 14.6. The maximum atomic E-state index is 12.7. The van der Waals surface area contributed by atoms with Crippen molar-refractivity contribution in [3.63, 3.8) is 0 Å². The minimum atomic E-state index is -1.02. The number of amides is 1. The van der Waals surface area contributed by atoms with Crippen LogP contribution in [-0.2, 0) is 19.1 Å². The van der Waals surface area contributed by atoms with Crippen molar-refractivity contribution in [2.45, 2.75) is 225 Å². The minimum absolute atomic E-state index is 0.0567. The first-order valence-electron chi connectivity index (χ1n) is 21.6. The van der Waals surface area contributed by atoms with Crippen molar-refractivity contribution in [2.24, 2.45) is 0 Å². The summed E-state index contributed by atoms with van der Waals surface area (Å²) in [5, 5.41) is 11.1. The van der Waals surface area contributed by atoms with Gasteiger partial charge in [-0.2, -0.15) is 0 Å². The predicted octanol–water partition coefficient (Wildman–Crippen LogP) is 13.3. The summed E-state index contributed by atoms with van der Waals surface area (Å²) in [5.41, 5.74) is 0. The standard InChI is InChI=1S/C45H81NO5/c1-3-5-7-9-11-13-14-15-16-17-18-19-20-21-22-24-26-32-36-40-45(50)51-42(37-33-29-25-23-12-10-8-6-4-2)38-34-30-27-28-31-35-39-43(47)46-41-44(48)49/h11,13,15-16,33,37,42H,3-10,12,14,17-32,34-36,38-41H2,1-2H3,(H,46,47)(H,48,49)/b13-11-,16-15-,37-33-. The van der Waals surface area contributed by atoms with E-state index in [0.717, 1.165) is 70.6 Å². The Bertz CT molecular complexity index is 880. The average molecular weight is 716 g/mol. The van der Waals surface area contributed by atoms with Crippen LogP contribution in [0.25, 0.3) is 0 Å². The van der Waals surface area contributed by atoms with Gasteiger partial charge in [-0.05, 0) is 76.7 Å². The van der Waals surface area contributed by atoms with Crippen LogP contribution in [0.4, 0.5) is 0 Å². The van der Waals surface area contributed by atoms with E-state index in [2.05, 4.69) is 55.6 Å². The summed E-state index contributed by atoms with van der Waals surface area (Å²) in [6, 6.07) is 0. The topological polar surface area (TPSA) is 92.7 Å². The van der Waals surface area contributed by atoms with Gasteiger partial charge in [-0.3, -0.25) is 14.4 Å². The van der Waals surface area contributed by atoms with E-state index >= 15 is 0 Å².